The number of carbonyl (C=O) groups is 1. The summed E-state index contributed by atoms with van der Waals surface area (Å²) >= 11 is 2.81. The van der Waals surface area contributed by atoms with Gasteiger partial charge in [-0.05, 0) is 61.6 Å². The molecule has 174 valence electrons. The molecule has 1 atom stereocenters. The third-order valence-electron chi connectivity index (χ3n) is 5.35. The third-order valence-corrected chi connectivity index (χ3v) is 7.08. The molecule has 8 nitrogen and oxygen atoms in total. The summed E-state index contributed by atoms with van der Waals surface area (Å²) in [6, 6.07) is 13.0. The van der Waals surface area contributed by atoms with Gasteiger partial charge in [0.25, 0.3) is 11.2 Å². The number of allylic oxidation sites excluding steroid dienone is 1. The van der Waals surface area contributed by atoms with Crippen LogP contribution in [0.3, 0.4) is 0 Å². The zero-order chi connectivity index (χ0) is 24.4. The summed E-state index contributed by atoms with van der Waals surface area (Å²) in [6.45, 7) is 3.68. The molecule has 0 unspecified atom stereocenters. The second-order valence-corrected chi connectivity index (χ2v) is 9.31. The van der Waals surface area contributed by atoms with Crippen molar-refractivity contribution in [2.24, 2.45) is 4.99 Å². The standard InChI is InChI=1S/C24H21N3O5S2/c1-4-32-23(29)20-14(2)25-24-26(21(20)16-7-11-18(33-3)12-8-16)22(28)19(34-24)13-15-5-9-17(10-6-15)27(30)31/h5-13,21H,4H2,1-3H3/b19-13-/t21-/m0/s1. The first-order valence-corrected chi connectivity index (χ1v) is 12.5. The summed E-state index contributed by atoms with van der Waals surface area (Å²) in [7, 11) is 0. The molecule has 1 aliphatic rings. The Hall–Kier alpha value is -3.50. The lowest BCUT2D eigenvalue weighted by molar-refractivity contribution is -0.384. The molecule has 0 bridgehead atoms. The van der Waals surface area contributed by atoms with E-state index in [4.69, 9.17) is 4.74 Å². The van der Waals surface area contributed by atoms with Crippen molar-refractivity contribution in [1.29, 1.82) is 0 Å². The summed E-state index contributed by atoms with van der Waals surface area (Å²) in [6.07, 6.45) is 3.65. The van der Waals surface area contributed by atoms with Gasteiger partial charge in [-0.1, -0.05) is 23.5 Å². The van der Waals surface area contributed by atoms with Crippen LogP contribution in [0.4, 0.5) is 5.69 Å². The maximum atomic E-state index is 13.5. The van der Waals surface area contributed by atoms with Crippen molar-refractivity contribution in [3.63, 3.8) is 0 Å². The van der Waals surface area contributed by atoms with Crippen molar-refractivity contribution in [1.82, 2.24) is 4.57 Å². The molecule has 0 fully saturated rings. The minimum absolute atomic E-state index is 0.0259. The van der Waals surface area contributed by atoms with E-state index < -0.39 is 16.9 Å². The molecule has 2 aromatic carbocycles. The lowest BCUT2D eigenvalue weighted by atomic mass is 9.96. The van der Waals surface area contributed by atoms with E-state index in [2.05, 4.69) is 4.99 Å². The van der Waals surface area contributed by atoms with Crippen LogP contribution in [0, 0.1) is 10.1 Å². The summed E-state index contributed by atoms with van der Waals surface area (Å²) in [5, 5.41) is 10.9. The van der Waals surface area contributed by atoms with E-state index in [-0.39, 0.29) is 17.9 Å². The topological polar surface area (TPSA) is 104 Å². The molecule has 4 rings (SSSR count). The molecular formula is C24H21N3O5S2. The van der Waals surface area contributed by atoms with Crippen molar-refractivity contribution in [2.45, 2.75) is 24.8 Å². The third kappa shape index (κ3) is 4.46. The van der Waals surface area contributed by atoms with Gasteiger partial charge in [0.05, 0.1) is 33.4 Å². The first-order chi connectivity index (χ1) is 16.3. The average molecular weight is 496 g/mol. The molecule has 34 heavy (non-hydrogen) atoms. The number of benzene rings is 2. The zero-order valence-electron chi connectivity index (χ0n) is 18.7. The molecule has 1 aromatic heterocycles. The lowest BCUT2D eigenvalue weighted by Crippen LogP contribution is -2.39. The number of rotatable bonds is 6. The molecule has 2 heterocycles. The molecule has 0 saturated heterocycles. The molecule has 0 saturated carbocycles. The predicted octanol–water partition coefficient (Wildman–Crippen LogP) is 3.43. The maximum Gasteiger partial charge on any atom is 0.338 e. The Labute approximate surface area is 203 Å². The minimum Gasteiger partial charge on any atom is -0.463 e. The largest absolute Gasteiger partial charge is 0.463 e. The number of fused-ring (bicyclic) bond motifs is 1. The molecular weight excluding hydrogens is 474 g/mol. The number of thiazole rings is 1. The molecule has 1 aliphatic heterocycles. The highest BCUT2D eigenvalue weighted by molar-refractivity contribution is 7.98. The number of hydrogen-bond donors (Lipinski definition) is 0. The van der Waals surface area contributed by atoms with Crippen LogP contribution in [0.5, 0.6) is 0 Å². The number of nitro benzene ring substituents is 1. The fraction of sp³-hybridized carbons (Fsp3) is 0.208. The van der Waals surface area contributed by atoms with Crippen LogP contribution >= 0.6 is 23.1 Å². The zero-order valence-corrected chi connectivity index (χ0v) is 20.3. The highest BCUT2D eigenvalue weighted by Gasteiger charge is 2.33. The smallest absolute Gasteiger partial charge is 0.338 e. The molecule has 0 radical (unpaired) electrons. The number of nitrogens with zero attached hydrogens (tertiary/aromatic N) is 3. The Morgan fingerprint density at radius 3 is 2.50 bits per heavy atom. The monoisotopic (exact) mass is 495 g/mol. The Morgan fingerprint density at radius 1 is 1.24 bits per heavy atom. The second kappa shape index (κ2) is 9.78. The lowest BCUT2D eigenvalue weighted by Gasteiger charge is -2.24. The summed E-state index contributed by atoms with van der Waals surface area (Å²) in [4.78, 5) is 43.0. The van der Waals surface area contributed by atoms with Crippen molar-refractivity contribution < 1.29 is 14.5 Å². The Bertz CT molecular complexity index is 1470. The number of non-ortho nitro benzene ring substituents is 1. The quantitative estimate of drug-likeness (QED) is 0.225. The minimum atomic E-state index is -0.676. The van der Waals surface area contributed by atoms with Gasteiger partial charge < -0.3 is 4.74 Å². The Kier molecular flexibility index (Phi) is 6.80. The molecule has 0 spiro atoms. The molecule has 0 aliphatic carbocycles. The van der Waals surface area contributed by atoms with Gasteiger partial charge in [0, 0.05) is 17.0 Å². The van der Waals surface area contributed by atoms with Gasteiger partial charge >= 0.3 is 5.97 Å². The number of carbonyl (C=O) groups excluding carboxylic acids is 1. The van der Waals surface area contributed by atoms with E-state index >= 15 is 0 Å². The van der Waals surface area contributed by atoms with Crippen LogP contribution in [0.2, 0.25) is 0 Å². The van der Waals surface area contributed by atoms with Crippen LogP contribution in [0.1, 0.15) is 31.0 Å². The average Bonchev–Trinajstić information content (AvgIpc) is 3.13. The van der Waals surface area contributed by atoms with E-state index in [1.807, 2.05) is 30.5 Å². The van der Waals surface area contributed by atoms with Gasteiger partial charge in [0.15, 0.2) is 4.80 Å². The summed E-state index contributed by atoms with van der Waals surface area (Å²) in [5.41, 5.74) is 1.93. The van der Waals surface area contributed by atoms with E-state index in [9.17, 15) is 19.7 Å². The highest BCUT2D eigenvalue weighted by Crippen LogP contribution is 2.31. The SMILES string of the molecule is CCOC(=O)C1=C(C)N=c2s/c(=C\c3ccc([N+](=O)[O-])cc3)c(=O)n2[C@H]1c1ccc(SC)cc1. The number of thioether (sulfide) groups is 1. The molecule has 0 amide bonds. The second-order valence-electron chi connectivity index (χ2n) is 7.42. The molecule has 10 heteroatoms. The van der Waals surface area contributed by atoms with Crippen LogP contribution < -0.4 is 14.9 Å². The number of aromatic nitrogens is 1. The van der Waals surface area contributed by atoms with Gasteiger partial charge in [-0.2, -0.15) is 0 Å². The van der Waals surface area contributed by atoms with E-state index in [1.54, 1.807) is 43.8 Å². The normalized spacial score (nSPS) is 15.6. The highest BCUT2D eigenvalue weighted by atomic mass is 32.2. The van der Waals surface area contributed by atoms with Gasteiger partial charge in [-0.15, -0.1) is 11.8 Å². The fourth-order valence-corrected chi connectivity index (χ4v) is 5.19. The van der Waals surface area contributed by atoms with Gasteiger partial charge in [0.2, 0.25) is 0 Å². The summed E-state index contributed by atoms with van der Waals surface area (Å²) in [5.74, 6) is -0.507. The van der Waals surface area contributed by atoms with Crippen molar-refractivity contribution >= 4 is 40.8 Å². The van der Waals surface area contributed by atoms with Crippen molar-refractivity contribution in [3.05, 3.63) is 101 Å². The van der Waals surface area contributed by atoms with E-state index in [0.717, 1.165) is 10.5 Å². The number of nitro groups is 1. The number of hydrogen-bond acceptors (Lipinski definition) is 8. The van der Waals surface area contributed by atoms with Crippen LogP contribution in [-0.2, 0) is 9.53 Å². The Balaban J connectivity index is 1.90. The fourth-order valence-electron chi connectivity index (χ4n) is 3.74. The maximum absolute atomic E-state index is 13.5. The Morgan fingerprint density at radius 2 is 1.91 bits per heavy atom. The van der Waals surface area contributed by atoms with Crippen LogP contribution in [0.25, 0.3) is 6.08 Å². The summed E-state index contributed by atoms with van der Waals surface area (Å²) < 4.78 is 7.24. The number of esters is 1. The van der Waals surface area contributed by atoms with Gasteiger partial charge in [-0.3, -0.25) is 19.5 Å². The molecule has 3 aromatic rings. The van der Waals surface area contributed by atoms with Crippen molar-refractivity contribution in [3.8, 4) is 0 Å². The first kappa shape index (κ1) is 23.7. The van der Waals surface area contributed by atoms with Gasteiger partial charge in [0.1, 0.15) is 0 Å². The van der Waals surface area contributed by atoms with Crippen molar-refractivity contribution in [2.75, 3.05) is 12.9 Å². The van der Waals surface area contributed by atoms with Crippen LogP contribution in [0.15, 0.2) is 74.5 Å². The van der Waals surface area contributed by atoms with E-state index in [1.165, 1.54) is 28.0 Å². The molecule has 0 N–H and O–H groups in total. The van der Waals surface area contributed by atoms with E-state index in [0.29, 0.717) is 26.2 Å². The van der Waals surface area contributed by atoms with Crippen LogP contribution in [-0.4, -0.2) is 28.3 Å². The van der Waals surface area contributed by atoms with Gasteiger partial charge in [-0.25, -0.2) is 9.79 Å². The first-order valence-electron chi connectivity index (χ1n) is 10.4. The predicted molar refractivity (Wildman–Crippen MR) is 132 cm³/mol. The number of ether oxygens (including phenoxy) is 1.